The summed E-state index contributed by atoms with van der Waals surface area (Å²) in [6, 6.07) is 0.726. The van der Waals surface area contributed by atoms with Gasteiger partial charge in [0.1, 0.15) is 0 Å². The van der Waals surface area contributed by atoms with Gasteiger partial charge in [-0.3, -0.25) is 0 Å². The van der Waals surface area contributed by atoms with Crippen LogP contribution in [0.3, 0.4) is 0 Å². The SMILES string of the molecule is C=C(C)C1=CN(C2CCC(CC[P+](C)(CC)CC)C2)C=CC1. The second kappa shape index (κ2) is 7.82. The van der Waals surface area contributed by atoms with Crippen molar-refractivity contribution in [3.8, 4) is 0 Å². The lowest BCUT2D eigenvalue weighted by atomic mass is 10.0. The normalized spacial score (nSPS) is 25.5. The average molecular weight is 320 g/mol. The van der Waals surface area contributed by atoms with Crippen LogP contribution in [-0.4, -0.2) is 36.1 Å². The van der Waals surface area contributed by atoms with Crippen LogP contribution in [0, 0.1) is 5.92 Å². The third-order valence-electron chi connectivity index (χ3n) is 6.01. The van der Waals surface area contributed by atoms with Crippen LogP contribution in [-0.2, 0) is 0 Å². The van der Waals surface area contributed by atoms with E-state index in [1.807, 2.05) is 0 Å². The van der Waals surface area contributed by atoms with Gasteiger partial charge in [-0.05, 0) is 64.4 Å². The van der Waals surface area contributed by atoms with Gasteiger partial charge in [0, 0.05) is 32.4 Å². The van der Waals surface area contributed by atoms with Gasteiger partial charge in [0.25, 0.3) is 0 Å². The lowest BCUT2D eigenvalue weighted by molar-refractivity contribution is 0.350. The lowest BCUT2D eigenvalue weighted by Crippen LogP contribution is -2.25. The van der Waals surface area contributed by atoms with E-state index in [9.17, 15) is 0 Å². The highest BCUT2D eigenvalue weighted by Crippen LogP contribution is 2.55. The summed E-state index contributed by atoms with van der Waals surface area (Å²) in [6.45, 7) is 13.6. The molecular weight excluding hydrogens is 285 g/mol. The van der Waals surface area contributed by atoms with E-state index in [2.05, 4.69) is 57.4 Å². The molecule has 1 saturated carbocycles. The number of hydrogen-bond acceptors (Lipinski definition) is 1. The predicted octanol–water partition coefficient (Wildman–Crippen LogP) is 5.91. The standard InChI is InChI=1S/C20H35NP/c1-6-22(5,7-2)14-12-18-10-11-20(15-18)21-13-8-9-19(16-21)17(3)4/h8,13,16,18,20H,3,6-7,9-12,14-15H2,1-2,4-5H3/q+1. The summed E-state index contributed by atoms with van der Waals surface area (Å²) >= 11 is 0. The molecule has 1 nitrogen and oxygen atoms in total. The molecule has 2 rings (SSSR count). The van der Waals surface area contributed by atoms with E-state index >= 15 is 0 Å². The quantitative estimate of drug-likeness (QED) is 0.527. The van der Waals surface area contributed by atoms with Crippen molar-refractivity contribution in [3.63, 3.8) is 0 Å². The highest BCUT2D eigenvalue weighted by Gasteiger charge is 2.32. The zero-order valence-corrected chi connectivity index (χ0v) is 16.0. The zero-order valence-electron chi connectivity index (χ0n) is 15.1. The number of allylic oxidation sites excluding steroid dienone is 3. The largest absolute Gasteiger partial charge is 0.351 e. The van der Waals surface area contributed by atoms with Gasteiger partial charge in [0.05, 0.1) is 18.5 Å². The summed E-state index contributed by atoms with van der Waals surface area (Å²) in [7, 11) is -0.610. The van der Waals surface area contributed by atoms with E-state index in [4.69, 9.17) is 0 Å². The Labute approximate surface area is 138 Å². The minimum Gasteiger partial charge on any atom is -0.351 e. The molecule has 0 aromatic carbocycles. The average Bonchev–Trinajstić information content (AvgIpc) is 3.02. The molecule has 1 aliphatic carbocycles. The Morgan fingerprint density at radius 3 is 2.68 bits per heavy atom. The maximum Gasteiger partial charge on any atom is 0.0594 e. The number of nitrogens with zero attached hydrogens (tertiary/aromatic N) is 1. The van der Waals surface area contributed by atoms with Crippen molar-refractivity contribution in [2.24, 2.45) is 5.92 Å². The summed E-state index contributed by atoms with van der Waals surface area (Å²) < 4.78 is 0. The fourth-order valence-corrected chi connectivity index (χ4v) is 5.77. The molecule has 2 heteroatoms. The van der Waals surface area contributed by atoms with Crippen LogP contribution in [0.4, 0.5) is 0 Å². The number of hydrogen-bond donors (Lipinski definition) is 0. The molecule has 1 heterocycles. The van der Waals surface area contributed by atoms with Crippen LogP contribution in [0.15, 0.2) is 36.2 Å². The molecule has 22 heavy (non-hydrogen) atoms. The van der Waals surface area contributed by atoms with Crippen LogP contribution >= 0.6 is 7.26 Å². The first-order chi connectivity index (χ1) is 10.5. The Bertz CT molecular complexity index is 445. The molecule has 0 N–H and O–H groups in total. The molecular formula is C20H35NP+. The minimum absolute atomic E-state index is 0.610. The van der Waals surface area contributed by atoms with E-state index in [1.165, 1.54) is 55.3 Å². The zero-order chi connectivity index (χ0) is 16.2. The van der Waals surface area contributed by atoms with E-state index in [0.29, 0.717) is 0 Å². The minimum atomic E-state index is -0.610. The van der Waals surface area contributed by atoms with Crippen molar-refractivity contribution in [1.29, 1.82) is 0 Å². The summed E-state index contributed by atoms with van der Waals surface area (Å²) in [5, 5.41) is 0. The maximum atomic E-state index is 4.10. The van der Waals surface area contributed by atoms with Crippen LogP contribution < -0.4 is 0 Å². The molecule has 0 bridgehead atoms. The first-order valence-electron chi connectivity index (χ1n) is 9.11. The molecule has 0 saturated heterocycles. The molecule has 0 radical (unpaired) electrons. The van der Waals surface area contributed by atoms with Crippen LogP contribution in [0.5, 0.6) is 0 Å². The van der Waals surface area contributed by atoms with Crippen molar-refractivity contribution in [2.45, 2.75) is 58.9 Å². The van der Waals surface area contributed by atoms with Gasteiger partial charge in [-0.2, -0.15) is 0 Å². The Hall–Kier alpha value is -0.550. The van der Waals surface area contributed by atoms with E-state index in [1.54, 1.807) is 0 Å². The summed E-state index contributed by atoms with van der Waals surface area (Å²) in [4.78, 5) is 2.47. The van der Waals surface area contributed by atoms with Crippen molar-refractivity contribution >= 4 is 7.26 Å². The Morgan fingerprint density at radius 1 is 1.32 bits per heavy atom. The molecule has 1 fully saturated rings. The summed E-state index contributed by atoms with van der Waals surface area (Å²) in [5.41, 5.74) is 2.62. The third-order valence-corrected chi connectivity index (χ3v) is 10.4. The van der Waals surface area contributed by atoms with Crippen molar-refractivity contribution in [1.82, 2.24) is 4.90 Å². The summed E-state index contributed by atoms with van der Waals surface area (Å²) in [6.07, 6.45) is 18.0. The highest BCUT2D eigenvalue weighted by molar-refractivity contribution is 7.75. The smallest absolute Gasteiger partial charge is 0.0594 e. The Morgan fingerprint density at radius 2 is 2.05 bits per heavy atom. The van der Waals surface area contributed by atoms with Gasteiger partial charge >= 0.3 is 0 Å². The van der Waals surface area contributed by atoms with Gasteiger partial charge in [-0.25, -0.2) is 0 Å². The second-order valence-corrected chi connectivity index (χ2v) is 12.5. The van der Waals surface area contributed by atoms with Crippen molar-refractivity contribution in [2.75, 3.05) is 25.2 Å². The van der Waals surface area contributed by atoms with E-state index in [0.717, 1.165) is 18.4 Å². The molecule has 0 aromatic heterocycles. The molecule has 0 aromatic rings. The van der Waals surface area contributed by atoms with Crippen LogP contribution in [0.2, 0.25) is 0 Å². The molecule has 0 amide bonds. The number of rotatable bonds is 7. The summed E-state index contributed by atoms with van der Waals surface area (Å²) in [5.74, 6) is 0.958. The Kier molecular flexibility index (Phi) is 6.33. The first-order valence-corrected chi connectivity index (χ1v) is 11.9. The predicted molar refractivity (Wildman–Crippen MR) is 103 cm³/mol. The molecule has 2 aliphatic rings. The topological polar surface area (TPSA) is 3.24 Å². The van der Waals surface area contributed by atoms with Crippen molar-refractivity contribution in [3.05, 3.63) is 36.2 Å². The van der Waals surface area contributed by atoms with E-state index in [-0.39, 0.29) is 0 Å². The molecule has 0 spiro atoms. The lowest BCUT2D eigenvalue weighted by Gasteiger charge is -2.28. The van der Waals surface area contributed by atoms with Gasteiger partial charge < -0.3 is 4.90 Å². The molecule has 1 aliphatic heterocycles. The van der Waals surface area contributed by atoms with Crippen LogP contribution in [0.1, 0.15) is 52.9 Å². The molecule has 2 atom stereocenters. The van der Waals surface area contributed by atoms with Gasteiger partial charge in [-0.1, -0.05) is 18.2 Å². The van der Waals surface area contributed by atoms with Gasteiger partial charge in [0.15, 0.2) is 0 Å². The monoisotopic (exact) mass is 320 g/mol. The van der Waals surface area contributed by atoms with Crippen LogP contribution in [0.25, 0.3) is 0 Å². The van der Waals surface area contributed by atoms with Gasteiger partial charge in [0.2, 0.25) is 0 Å². The van der Waals surface area contributed by atoms with Gasteiger partial charge in [-0.15, -0.1) is 0 Å². The molecule has 2 unspecified atom stereocenters. The third kappa shape index (κ3) is 4.48. The Balaban J connectivity index is 1.86. The fraction of sp³-hybridized carbons (Fsp3) is 0.700. The van der Waals surface area contributed by atoms with E-state index < -0.39 is 7.26 Å². The second-order valence-electron chi connectivity index (χ2n) is 7.57. The fourth-order valence-electron chi connectivity index (χ4n) is 3.70. The first kappa shape index (κ1) is 17.8. The molecule has 124 valence electrons. The maximum absolute atomic E-state index is 4.10. The van der Waals surface area contributed by atoms with Crippen molar-refractivity contribution < 1.29 is 0 Å². The highest BCUT2D eigenvalue weighted by atomic mass is 31.2.